The number of carbonyl (C=O) groups excluding carboxylic acids is 1. The fraction of sp³-hybridized carbons (Fsp3) is 0.562. The molecule has 0 atom stereocenters. The zero-order valence-electron chi connectivity index (χ0n) is 12.6. The number of hydrogen-bond donors (Lipinski definition) is 1. The van der Waals surface area contributed by atoms with Gasteiger partial charge < -0.3 is 10.2 Å². The maximum absolute atomic E-state index is 12.1. The van der Waals surface area contributed by atoms with Gasteiger partial charge in [-0.2, -0.15) is 11.8 Å². The summed E-state index contributed by atoms with van der Waals surface area (Å²) < 4.78 is 0.259. The molecule has 1 aromatic carbocycles. The number of nitrogens with one attached hydrogen (secondary N) is 1. The van der Waals surface area contributed by atoms with E-state index < -0.39 is 0 Å². The fourth-order valence-electron chi connectivity index (χ4n) is 2.30. The van der Waals surface area contributed by atoms with Gasteiger partial charge in [0.1, 0.15) is 0 Å². The molecule has 2 amide bonds. The van der Waals surface area contributed by atoms with Gasteiger partial charge in [0, 0.05) is 30.1 Å². The van der Waals surface area contributed by atoms with E-state index >= 15 is 0 Å². The summed E-state index contributed by atoms with van der Waals surface area (Å²) >= 11 is 1.88. The lowest BCUT2D eigenvalue weighted by molar-refractivity contribution is 0.193. The Morgan fingerprint density at radius 1 is 1.30 bits per heavy atom. The van der Waals surface area contributed by atoms with E-state index in [1.54, 1.807) is 0 Å². The molecule has 1 aliphatic rings. The number of urea groups is 1. The largest absolute Gasteiger partial charge is 0.337 e. The lowest BCUT2D eigenvalue weighted by Gasteiger charge is -2.29. The molecule has 0 saturated carbocycles. The number of hydrogen-bond acceptors (Lipinski definition) is 2. The van der Waals surface area contributed by atoms with Crippen LogP contribution in [0.15, 0.2) is 24.3 Å². The van der Waals surface area contributed by atoms with Crippen molar-refractivity contribution in [3.05, 3.63) is 35.4 Å². The van der Waals surface area contributed by atoms with Gasteiger partial charge in [-0.05, 0) is 17.5 Å². The number of amides is 2. The van der Waals surface area contributed by atoms with Crippen molar-refractivity contribution in [1.29, 1.82) is 0 Å². The average Bonchev–Trinajstić information content (AvgIpc) is 2.42. The summed E-state index contributed by atoms with van der Waals surface area (Å²) in [5.41, 5.74) is 2.65. The molecule has 0 fully saturated rings. The fourth-order valence-corrected chi connectivity index (χ4v) is 3.11. The third-order valence-corrected chi connectivity index (χ3v) is 4.61. The maximum atomic E-state index is 12.1. The predicted octanol–water partition coefficient (Wildman–Crippen LogP) is 3.29. The van der Waals surface area contributed by atoms with Crippen molar-refractivity contribution >= 4 is 17.8 Å². The van der Waals surface area contributed by atoms with E-state index in [1.165, 1.54) is 11.1 Å². The minimum atomic E-state index is 0.0639. The van der Waals surface area contributed by atoms with Gasteiger partial charge in [-0.15, -0.1) is 0 Å². The predicted molar refractivity (Wildman–Crippen MR) is 86.2 cm³/mol. The smallest absolute Gasteiger partial charge is 0.317 e. The van der Waals surface area contributed by atoms with Crippen molar-refractivity contribution in [1.82, 2.24) is 10.2 Å². The highest BCUT2D eigenvalue weighted by molar-refractivity contribution is 8.00. The summed E-state index contributed by atoms with van der Waals surface area (Å²) in [6, 6.07) is 8.45. The lowest BCUT2D eigenvalue weighted by Crippen LogP contribution is -2.43. The third-order valence-electron chi connectivity index (χ3n) is 3.33. The topological polar surface area (TPSA) is 32.3 Å². The van der Waals surface area contributed by atoms with Gasteiger partial charge >= 0.3 is 6.03 Å². The Morgan fingerprint density at radius 3 is 2.70 bits per heavy atom. The summed E-state index contributed by atoms with van der Waals surface area (Å²) in [4.78, 5) is 14.0. The molecule has 0 bridgehead atoms. The van der Waals surface area contributed by atoms with Crippen LogP contribution in [0.25, 0.3) is 0 Å². The molecule has 3 nitrogen and oxygen atoms in total. The zero-order chi connectivity index (χ0) is 14.6. The van der Waals surface area contributed by atoms with E-state index in [4.69, 9.17) is 0 Å². The molecule has 0 unspecified atom stereocenters. The van der Waals surface area contributed by atoms with Crippen LogP contribution in [0.2, 0.25) is 0 Å². The summed E-state index contributed by atoms with van der Waals surface area (Å²) in [7, 11) is 0. The van der Waals surface area contributed by atoms with Crippen molar-refractivity contribution in [2.24, 2.45) is 0 Å². The SMILES string of the molecule is CC(C)(C)SCCNC(=O)N1CCc2ccccc2C1. The molecule has 0 aliphatic carbocycles. The van der Waals surface area contributed by atoms with Crippen LogP contribution in [0.4, 0.5) is 4.79 Å². The first-order valence-corrected chi connectivity index (χ1v) is 8.18. The van der Waals surface area contributed by atoms with Crippen molar-refractivity contribution in [3.63, 3.8) is 0 Å². The molecule has 1 aromatic rings. The second-order valence-electron chi connectivity index (χ2n) is 6.13. The van der Waals surface area contributed by atoms with E-state index in [0.717, 1.165) is 31.8 Å². The van der Waals surface area contributed by atoms with Gasteiger partial charge in [0.25, 0.3) is 0 Å². The Kier molecular flexibility index (Phi) is 4.97. The van der Waals surface area contributed by atoms with Crippen LogP contribution in [-0.4, -0.2) is 34.5 Å². The van der Waals surface area contributed by atoms with Gasteiger partial charge in [0.05, 0.1) is 0 Å². The first-order chi connectivity index (χ1) is 9.46. The number of fused-ring (bicyclic) bond motifs is 1. The highest BCUT2D eigenvalue weighted by Crippen LogP contribution is 2.22. The lowest BCUT2D eigenvalue weighted by atomic mass is 10.0. The number of carbonyl (C=O) groups is 1. The van der Waals surface area contributed by atoms with Gasteiger partial charge in [-0.25, -0.2) is 4.79 Å². The maximum Gasteiger partial charge on any atom is 0.317 e. The molecular formula is C16H24N2OS. The number of rotatable bonds is 3. The third kappa shape index (κ3) is 4.44. The van der Waals surface area contributed by atoms with Crippen LogP contribution in [0.5, 0.6) is 0 Å². The standard InChI is InChI=1S/C16H24N2OS/c1-16(2,3)20-11-9-17-15(19)18-10-8-13-6-4-5-7-14(13)12-18/h4-7H,8-12H2,1-3H3,(H,17,19). The molecule has 2 rings (SSSR count). The van der Waals surface area contributed by atoms with E-state index in [9.17, 15) is 4.79 Å². The first kappa shape index (κ1) is 15.2. The first-order valence-electron chi connectivity index (χ1n) is 7.19. The number of nitrogens with zero attached hydrogens (tertiary/aromatic N) is 1. The van der Waals surface area contributed by atoms with Crippen molar-refractivity contribution in [2.45, 2.75) is 38.5 Å². The number of thioether (sulfide) groups is 1. The Morgan fingerprint density at radius 2 is 2.00 bits per heavy atom. The van der Waals surface area contributed by atoms with Crippen LogP contribution >= 0.6 is 11.8 Å². The molecule has 1 heterocycles. The van der Waals surface area contributed by atoms with Gasteiger partial charge in [-0.3, -0.25) is 0 Å². The monoisotopic (exact) mass is 292 g/mol. The van der Waals surface area contributed by atoms with E-state index in [1.807, 2.05) is 22.7 Å². The van der Waals surface area contributed by atoms with Crippen LogP contribution in [-0.2, 0) is 13.0 Å². The second-order valence-corrected chi connectivity index (χ2v) is 8.05. The summed E-state index contributed by atoms with van der Waals surface area (Å²) in [5, 5.41) is 3.02. The molecule has 0 aromatic heterocycles. The molecule has 110 valence electrons. The Bertz CT molecular complexity index is 468. The normalized spacial score (nSPS) is 14.8. The van der Waals surface area contributed by atoms with E-state index in [0.29, 0.717) is 0 Å². The second kappa shape index (κ2) is 6.53. The van der Waals surface area contributed by atoms with Gasteiger partial charge in [0.15, 0.2) is 0 Å². The molecule has 0 radical (unpaired) electrons. The van der Waals surface area contributed by atoms with Crippen molar-refractivity contribution in [3.8, 4) is 0 Å². The summed E-state index contributed by atoms with van der Waals surface area (Å²) in [6.45, 7) is 8.87. The average molecular weight is 292 g/mol. The Labute approximate surface area is 126 Å². The Balaban J connectivity index is 1.77. The highest BCUT2D eigenvalue weighted by Gasteiger charge is 2.20. The molecule has 20 heavy (non-hydrogen) atoms. The molecule has 1 N–H and O–H groups in total. The van der Waals surface area contributed by atoms with E-state index in [2.05, 4.69) is 44.3 Å². The summed E-state index contributed by atoms with van der Waals surface area (Å²) in [6.07, 6.45) is 0.959. The van der Waals surface area contributed by atoms with Crippen molar-refractivity contribution < 1.29 is 4.79 Å². The molecule has 0 saturated heterocycles. The van der Waals surface area contributed by atoms with Crippen LogP contribution in [0, 0.1) is 0 Å². The highest BCUT2D eigenvalue weighted by atomic mass is 32.2. The summed E-state index contributed by atoms with van der Waals surface area (Å²) in [5.74, 6) is 0.958. The quantitative estimate of drug-likeness (QED) is 0.867. The van der Waals surface area contributed by atoms with Crippen LogP contribution in [0.3, 0.4) is 0 Å². The van der Waals surface area contributed by atoms with Crippen molar-refractivity contribution in [2.75, 3.05) is 18.8 Å². The Hall–Kier alpha value is -1.16. The van der Waals surface area contributed by atoms with Crippen LogP contribution in [0.1, 0.15) is 31.9 Å². The molecule has 0 spiro atoms. The molecule has 4 heteroatoms. The molecular weight excluding hydrogens is 268 g/mol. The zero-order valence-corrected chi connectivity index (χ0v) is 13.4. The molecule has 1 aliphatic heterocycles. The van der Waals surface area contributed by atoms with Crippen LogP contribution < -0.4 is 5.32 Å². The minimum Gasteiger partial charge on any atom is -0.337 e. The van der Waals surface area contributed by atoms with Gasteiger partial charge in [0.2, 0.25) is 0 Å². The number of benzene rings is 1. The minimum absolute atomic E-state index is 0.0639. The van der Waals surface area contributed by atoms with E-state index in [-0.39, 0.29) is 10.8 Å². The van der Waals surface area contributed by atoms with Gasteiger partial charge in [-0.1, -0.05) is 45.0 Å².